The molecule has 1 aromatic rings. The lowest BCUT2D eigenvalue weighted by Crippen LogP contribution is -2.37. The average molecular weight is 310 g/mol. The quantitative estimate of drug-likeness (QED) is 0.876. The molecule has 1 aliphatic heterocycles. The Morgan fingerprint density at radius 3 is 2.76 bits per heavy atom. The fraction of sp³-hybridized carbons (Fsp3) is 0.688. The van der Waals surface area contributed by atoms with Gasteiger partial charge in [-0.25, -0.2) is 4.98 Å². The van der Waals surface area contributed by atoms with E-state index in [4.69, 9.17) is 16.3 Å². The highest BCUT2D eigenvalue weighted by atomic mass is 35.5. The van der Waals surface area contributed by atoms with Crippen LogP contribution < -0.4 is 10.2 Å². The first-order valence-electron chi connectivity index (χ1n) is 8.00. The summed E-state index contributed by atoms with van der Waals surface area (Å²) in [6.45, 7) is 5.73. The summed E-state index contributed by atoms with van der Waals surface area (Å²) in [5.41, 5.74) is 1.15. The number of nitrogens with zero attached hydrogens (tertiary/aromatic N) is 2. The molecule has 0 atom stereocenters. The van der Waals surface area contributed by atoms with Crippen molar-refractivity contribution in [3.05, 3.63) is 22.8 Å². The number of ether oxygens (including phenoxy) is 1. The van der Waals surface area contributed by atoms with Crippen molar-refractivity contribution in [1.82, 2.24) is 10.3 Å². The van der Waals surface area contributed by atoms with Gasteiger partial charge in [0.15, 0.2) is 0 Å². The first kappa shape index (κ1) is 15.1. The van der Waals surface area contributed by atoms with Gasteiger partial charge in [0.25, 0.3) is 0 Å². The minimum atomic E-state index is 0.412. The number of rotatable bonds is 6. The normalized spacial score (nSPS) is 20.0. The summed E-state index contributed by atoms with van der Waals surface area (Å²) in [7, 11) is 0. The van der Waals surface area contributed by atoms with Crippen molar-refractivity contribution in [3.63, 3.8) is 0 Å². The Balaban J connectivity index is 1.60. The van der Waals surface area contributed by atoms with Gasteiger partial charge in [0.2, 0.25) is 0 Å². The number of halogens is 1. The van der Waals surface area contributed by atoms with Crippen LogP contribution >= 0.6 is 11.6 Å². The molecule has 1 N–H and O–H groups in total. The Morgan fingerprint density at radius 2 is 2.10 bits per heavy atom. The van der Waals surface area contributed by atoms with Gasteiger partial charge < -0.3 is 15.0 Å². The maximum Gasteiger partial charge on any atom is 0.128 e. The predicted molar refractivity (Wildman–Crippen MR) is 86.0 cm³/mol. The monoisotopic (exact) mass is 309 g/mol. The van der Waals surface area contributed by atoms with Crippen molar-refractivity contribution in [2.24, 2.45) is 0 Å². The molecule has 2 fully saturated rings. The molecule has 0 amide bonds. The molecular formula is C16H24ClN3O. The minimum absolute atomic E-state index is 0.412. The van der Waals surface area contributed by atoms with Gasteiger partial charge in [0, 0.05) is 38.5 Å². The Kier molecular flexibility index (Phi) is 4.99. The number of anilines is 1. The number of hydrogen-bond donors (Lipinski definition) is 1. The fourth-order valence-corrected chi connectivity index (χ4v) is 2.98. The Bertz CT molecular complexity index is 471. The van der Waals surface area contributed by atoms with Gasteiger partial charge in [-0.15, -0.1) is 0 Å². The third-order valence-electron chi connectivity index (χ3n) is 4.25. The van der Waals surface area contributed by atoms with Crippen LogP contribution in [0.5, 0.6) is 0 Å². The zero-order valence-electron chi connectivity index (χ0n) is 12.6. The molecule has 1 aliphatic carbocycles. The van der Waals surface area contributed by atoms with Crippen LogP contribution in [-0.2, 0) is 11.3 Å². The molecule has 5 heteroatoms. The zero-order chi connectivity index (χ0) is 14.7. The van der Waals surface area contributed by atoms with E-state index in [-0.39, 0.29) is 0 Å². The minimum Gasteiger partial charge on any atom is -0.378 e. The second-order valence-electron chi connectivity index (χ2n) is 5.93. The smallest absolute Gasteiger partial charge is 0.128 e. The van der Waals surface area contributed by atoms with E-state index in [2.05, 4.69) is 28.2 Å². The van der Waals surface area contributed by atoms with Crippen molar-refractivity contribution < 1.29 is 4.74 Å². The number of hydrogen-bond acceptors (Lipinski definition) is 4. The van der Waals surface area contributed by atoms with Crippen LogP contribution in [-0.4, -0.2) is 36.8 Å². The maximum atomic E-state index is 6.26. The summed E-state index contributed by atoms with van der Waals surface area (Å²) in [5, 5.41) is 4.28. The van der Waals surface area contributed by atoms with E-state index in [1.807, 2.05) is 0 Å². The maximum absolute atomic E-state index is 6.26. The molecule has 0 unspecified atom stereocenters. The summed E-state index contributed by atoms with van der Waals surface area (Å²) in [4.78, 5) is 6.84. The summed E-state index contributed by atoms with van der Waals surface area (Å²) in [6, 6.07) is 2.83. The van der Waals surface area contributed by atoms with Gasteiger partial charge in [-0.2, -0.15) is 0 Å². The SMILES string of the molecule is CCOC1CCN(c2cc(CNC3CC3)c(Cl)cn2)CC1. The molecule has 0 aromatic carbocycles. The van der Waals surface area contributed by atoms with E-state index in [1.54, 1.807) is 6.20 Å². The first-order chi connectivity index (χ1) is 10.3. The lowest BCUT2D eigenvalue weighted by Gasteiger charge is -2.32. The number of pyridine rings is 1. The van der Waals surface area contributed by atoms with Crippen molar-refractivity contribution in [1.29, 1.82) is 0 Å². The molecule has 1 saturated heterocycles. The highest BCUT2D eigenvalue weighted by Gasteiger charge is 2.22. The van der Waals surface area contributed by atoms with E-state index in [1.165, 1.54) is 12.8 Å². The Labute approximate surface area is 131 Å². The molecule has 2 aliphatic rings. The molecule has 2 heterocycles. The number of piperidine rings is 1. The Hall–Kier alpha value is -0.840. The highest BCUT2D eigenvalue weighted by Crippen LogP contribution is 2.25. The molecule has 3 rings (SSSR count). The van der Waals surface area contributed by atoms with E-state index in [0.717, 1.165) is 55.5 Å². The summed E-state index contributed by atoms with van der Waals surface area (Å²) in [5.74, 6) is 1.04. The Morgan fingerprint density at radius 1 is 1.33 bits per heavy atom. The fourth-order valence-electron chi connectivity index (χ4n) is 2.81. The lowest BCUT2D eigenvalue weighted by molar-refractivity contribution is 0.0458. The van der Waals surface area contributed by atoms with Gasteiger partial charge in [-0.1, -0.05) is 11.6 Å². The van der Waals surface area contributed by atoms with Gasteiger partial charge in [-0.05, 0) is 44.2 Å². The summed E-state index contributed by atoms with van der Waals surface area (Å²) >= 11 is 6.26. The van der Waals surface area contributed by atoms with Crippen LogP contribution in [0.3, 0.4) is 0 Å². The number of aromatic nitrogens is 1. The molecule has 116 valence electrons. The van der Waals surface area contributed by atoms with E-state index in [9.17, 15) is 0 Å². The van der Waals surface area contributed by atoms with Gasteiger partial charge in [-0.3, -0.25) is 0 Å². The van der Waals surface area contributed by atoms with Crippen LogP contribution in [0.4, 0.5) is 5.82 Å². The standard InChI is InChI=1S/C16H24ClN3O/c1-2-21-14-5-7-20(8-6-14)16-9-12(15(17)11-19-16)10-18-13-3-4-13/h9,11,13-14,18H,2-8,10H2,1H3. The van der Waals surface area contributed by atoms with Crippen molar-refractivity contribution in [2.45, 2.75) is 51.3 Å². The van der Waals surface area contributed by atoms with E-state index >= 15 is 0 Å². The lowest BCUT2D eigenvalue weighted by atomic mass is 10.1. The van der Waals surface area contributed by atoms with Crippen molar-refractivity contribution in [3.8, 4) is 0 Å². The third-order valence-corrected chi connectivity index (χ3v) is 4.59. The van der Waals surface area contributed by atoms with Crippen LogP contribution in [0.2, 0.25) is 5.02 Å². The van der Waals surface area contributed by atoms with Gasteiger partial charge >= 0.3 is 0 Å². The molecule has 21 heavy (non-hydrogen) atoms. The average Bonchev–Trinajstić information content (AvgIpc) is 3.32. The first-order valence-corrected chi connectivity index (χ1v) is 8.38. The molecule has 0 spiro atoms. The van der Waals surface area contributed by atoms with E-state index in [0.29, 0.717) is 12.1 Å². The van der Waals surface area contributed by atoms with Crippen LogP contribution in [0, 0.1) is 0 Å². The van der Waals surface area contributed by atoms with Gasteiger partial charge in [0.1, 0.15) is 5.82 Å². The molecule has 1 aromatic heterocycles. The molecular weight excluding hydrogens is 286 g/mol. The van der Waals surface area contributed by atoms with Gasteiger partial charge in [0.05, 0.1) is 11.1 Å². The van der Waals surface area contributed by atoms with Crippen molar-refractivity contribution >= 4 is 17.4 Å². The topological polar surface area (TPSA) is 37.4 Å². The molecule has 0 radical (unpaired) electrons. The third kappa shape index (κ3) is 4.09. The van der Waals surface area contributed by atoms with Crippen LogP contribution in [0.15, 0.2) is 12.3 Å². The number of nitrogens with one attached hydrogen (secondary N) is 1. The highest BCUT2D eigenvalue weighted by molar-refractivity contribution is 6.31. The second kappa shape index (κ2) is 6.95. The predicted octanol–water partition coefficient (Wildman–Crippen LogP) is 2.99. The van der Waals surface area contributed by atoms with Crippen LogP contribution in [0.1, 0.15) is 38.2 Å². The summed E-state index contributed by atoms with van der Waals surface area (Å²) < 4.78 is 5.70. The largest absolute Gasteiger partial charge is 0.378 e. The molecule has 0 bridgehead atoms. The molecule has 1 saturated carbocycles. The van der Waals surface area contributed by atoms with E-state index < -0.39 is 0 Å². The zero-order valence-corrected chi connectivity index (χ0v) is 13.4. The van der Waals surface area contributed by atoms with Crippen LogP contribution in [0.25, 0.3) is 0 Å². The molecule has 4 nitrogen and oxygen atoms in total. The summed E-state index contributed by atoms with van der Waals surface area (Å²) in [6.07, 6.45) is 6.94. The van der Waals surface area contributed by atoms with Crippen molar-refractivity contribution in [2.75, 3.05) is 24.6 Å². The second-order valence-corrected chi connectivity index (χ2v) is 6.34.